The lowest BCUT2D eigenvalue weighted by Crippen LogP contribution is -2.45. The van der Waals surface area contributed by atoms with Crippen LogP contribution in [0.25, 0.3) is 0 Å². The standard InChI is InChI=1S/C19H21FN2O3S/c1-12-16-6-4-3-5-14(16)11-17(12)21-19(23)18(22-26(2,24)25)13-7-9-15(20)10-8-13/h3-10,12,17-18,22H,11H2,1-2H3,(H,21,23)/t12-,17-,18?/m1/s1. The van der Waals surface area contributed by atoms with Gasteiger partial charge in [-0.3, -0.25) is 4.79 Å². The smallest absolute Gasteiger partial charge is 0.242 e. The maximum absolute atomic E-state index is 13.2. The van der Waals surface area contributed by atoms with E-state index in [0.717, 1.165) is 6.26 Å². The Bertz CT molecular complexity index is 913. The second kappa shape index (κ2) is 7.17. The topological polar surface area (TPSA) is 75.3 Å². The van der Waals surface area contributed by atoms with Crippen LogP contribution in [0.2, 0.25) is 0 Å². The van der Waals surface area contributed by atoms with E-state index in [0.29, 0.717) is 12.0 Å². The molecule has 138 valence electrons. The third-order valence-electron chi connectivity index (χ3n) is 4.71. The molecule has 5 nitrogen and oxygen atoms in total. The van der Waals surface area contributed by atoms with Gasteiger partial charge in [-0.05, 0) is 35.2 Å². The lowest BCUT2D eigenvalue weighted by atomic mass is 10.00. The van der Waals surface area contributed by atoms with E-state index >= 15 is 0 Å². The fourth-order valence-electron chi connectivity index (χ4n) is 3.38. The number of carbonyl (C=O) groups excluding carboxylic acids is 1. The highest BCUT2D eigenvalue weighted by atomic mass is 32.2. The molecule has 1 aliphatic rings. The summed E-state index contributed by atoms with van der Waals surface area (Å²) < 4.78 is 38.9. The van der Waals surface area contributed by atoms with Gasteiger partial charge in [0.1, 0.15) is 11.9 Å². The van der Waals surface area contributed by atoms with Gasteiger partial charge in [-0.15, -0.1) is 0 Å². The lowest BCUT2D eigenvalue weighted by molar-refractivity contribution is -0.123. The molecular formula is C19H21FN2O3S. The summed E-state index contributed by atoms with van der Waals surface area (Å²) in [6, 6.07) is 12.0. The molecule has 3 rings (SSSR count). The molecule has 0 aliphatic heterocycles. The molecule has 0 saturated heterocycles. The summed E-state index contributed by atoms with van der Waals surface area (Å²) in [5, 5.41) is 2.95. The van der Waals surface area contributed by atoms with Crippen molar-refractivity contribution in [1.29, 1.82) is 0 Å². The first-order chi connectivity index (χ1) is 12.2. The minimum Gasteiger partial charge on any atom is -0.351 e. The van der Waals surface area contributed by atoms with Crippen LogP contribution in [-0.4, -0.2) is 26.6 Å². The molecular weight excluding hydrogens is 355 g/mol. The van der Waals surface area contributed by atoms with Gasteiger partial charge in [0, 0.05) is 12.0 Å². The highest BCUT2D eigenvalue weighted by Crippen LogP contribution is 2.33. The van der Waals surface area contributed by atoms with Crippen molar-refractivity contribution < 1.29 is 17.6 Å². The molecule has 26 heavy (non-hydrogen) atoms. The summed E-state index contributed by atoms with van der Waals surface area (Å²) in [4.78, 5) is 12.8. The van der Waals surface area contributed by atoms with Gasteiger partial charge in [0.25, 0.3) is 0 Å². The second-order valence-electron chi connectivity index (χ2n) is 6.68. The summed E-state index contributed by atoms with van der Waals surface area (Å²) in [5.74, 6) is -0.777. The monoisotopic (exact) mass is 376 g/mol. The molecule has 0 saturated carbocycles. The van der Waals surface area contributed by atoms with Crippen molar-refractivity contribution in [2.45, 2.75) is 31.3 Å². The zero-order chi connectivity index (χ0) is 18.9. The predicted octanol–water partition coefficient (Wildman–Crippen LogP) is 2.26. The maximum atomic E-state index is 13.2. The number of sulfonamides is 1. The third-order valence-corrected chi connectivity index (χ3v) is 5.38. The van der Waals surface area contributed by atoms with Crippen LogP contribution in [-0.2, 0) is 21.2 Å². The van der Waals surface area contributed by atoms with Crippen LogP contribution in [0.4, 0.5) is 4.39 Å². The number of halogens is 1. The lowest BCUT2D eigenvalue weighted by Gasteiger charge is -2.23. The van der Waals surface area contributed by atoms with Crippen LogP contribution in [0.1, 0.15) is 35.6 Å². The number of amides is 1. The molecule has 2 aromatic carbocycles. The van der Waals surface area contributed by atoms with Crippen molar-refractivity contribution >= 4 is 15.9 Å². The molecule has 3 atom stereocenters. The van der Waals surface area contributed by atoms with E-state index in [9.17, 15) is 17.6 Å². The van der Waals surface area contributed by atoms with Crippen molar-refractivity contribution in [3.63, 3.8) is 0 Å². The van der Waals surface area contributed by atoms with Gasteiger partial charge < -0.3 is 5.32 Å². The van der Waals surface area contributed by atoms with Crippen molar-refractivity contribution in [2.75, 3.05) is 6.26 Å². The Morgan fingerprint density at radius 1 is 1.15 bits per heavy atom. The fraction of sp³-hybridized carbons (Fsp3) is 0.316. The Labute approximate surface area is 152 Å². The Balaban J connectivity index is 1.81. The van der Waals surface area contributed by atoms with Gasteiger partial charge in [-0.25, -0.2) is 12.8 Å². The summed E-state index contributed by atoms with van der Waals surface area (Å²) in [7, 11) is -3.63. The SMILES string of the molecule is C[C@@H]1c2ccccc2C[C@H]1NC(=O)C(NS(C)(=O)=O)c1ccc(F)cc1. The third kappa shape index (κ3) is 4.11. The highest BCUT2D eigenvalue weighted by Gasteiger charge is 2.33. The second-order valence-corrected chi connectivity index (χ2v) is 8.46. The zero-order valence-corrected chi connectivity index (χ0v) is 15.4. The van der Waals surface area contributed by atoms with Crippen molar-refractivity contribution in [3.05, 3.63) is 71.0 Å². The highest BCUT2D eigenvalue weighted by molar-refractivity contribution is 7.88. The van der Waals surface area contributed by atoms with Crippen LogP contribution in [0.15, 0.2) is 48.5 Å². The normalized spacial score (nSPS) is 20.4. The number of hydrogen-bond acceptors (Lipinski definition) is 3. The minimum atomic E-state index is -3.63. The van der Waals surface area contributed by atoms with Crippen molar-refractivity contribution in [2.24, 2.45) is 0 Å². The summed E-state index contributed by atoms with van der Waals surface area (Å²) in [6.45, 7) is 2.04. The molecule has 0 fully saturated rings. The van der Waals surface area contributed by atoms with Gasteiger partial charge in [-0.1, -0.05) is 43.3 Å². The average molecular weight is 376 g/mol. The van der Waals surface area contributed by atoms with E-state index in [4.69, 9.17) is 0 Å². The van der Waals surface area contributed by atoms with Gasteiger partial charge >= 0.3 is 0 Å². The van der Waals surface area contributed by atoms with Crippen LogP contribution >= 0.6 is 0 Å². The van der Waals surface area contributed by atoms with Crippen molar-refractivity contribution in [1.82, 2.24) is 10.0 Å². The Kier molecular flexibility index (Phi) is 5.11. The summed E-state index contributed by atoms with van der Waals surface area (Å²) in [5.41, 5.74) is 2.75. The van der Waals surface area contributed by atoms with E-state index in [1.54, 1.807) is 0 Å². The number of fused-ring (bicyclic) bond motifs is 1. The van der Waals surface area contributed by atoms with Gasteiger partial charge in [0.2, 0.25) is 15.9 Å². The first-order valence-electron chi connectivity index (χ1n) is 8.35. The Morgan fingerprint density at radius 2 is 1.81 bits per heavy atom. The number of nitrogens with one attached hydrogen (secondary N) is 2. The van der Waals surface area contributed by atoms with Crippen LogP contribution < -0.4 is 10.0 Å². The Hall–Kier alpha value is -2.25. The van der Waals surface area contributed by atoms with Gasteiger partial charge in [0.15, 0.2) is 0 Å². The molecule has 0 radical (unpaired) electrons. The molecule has 1 aliphatic carbocycles. The van der Waals surface area contributed by atoms with E-state index in [1.165, 1.54) is 35.4 Å². The Morgan fingerprint density at radius 3 is 2.42 bits per heavy atom. The maximum Gasteiger partial charge on any atom is 0.242 e. The first-order valence-corrected chi connectivity index (χ1v) is 10.2. The molecule has 1 unspecified atom stereocenters. The molecule has 1 amide bonds. The van der Waals surface area contributed by atoms with Crippen molar-refractivity contribution in [3.8, 4) is 0 Å². The van der Waals surface area contributed by atoms with Crippen LogP contribution in [0.5, 0.6) is 0 Å². The largest absolute Gasteiger partial charge is 0.351 e. The molecule has 0 spiro atoms. The molecule has 0 aromatic heterocycles. The number of hydrogen-bond donors (Lipinski definition) is 2. The molecule has 0 heterocycles. The van der Waals surface area contributed by atoms with E-state index in [1.807, 2.05) is 31.2 Å². The summed E-state index contributed by atoms with van der Waals surface area (Å²) in [6.07, 6.45) is 1.68. The predicted molar refractivity (Wildman–Crippen MR) is 97.6 cm³/mol. The van der Waals surface area contributed by atoms with E-state index in [2.05, 4.69) is 10.0 Å². The van der Waals surface area contributed by atoms with Gasteiger partial charge in [-0.2, -0.15) is 4.72 Å². The summed E-state index contributed by atoms with van der Waals surface area (Å²) >= 11 is 0. The quantitative estimate of drug-likeness (QED) is 0.841. The average Bonchev–Trinajstić information content (AvgIpc) is 2.89. The minimum absolute atomic E-state index is 0.121. The molecule has 7 heteroatoms. The first kappa shape index (κ1) is 18.5. The molecule has 2 aromatic rings. The van der Waals surface area contributed by atoms with Gasteiger partial charge in [0.05, 0.1) is 6.26 Å². The number of rotatable bonds is 5. The zero-order valence-electron chi connectivity index (χ0n) is 14.6. The molecule has 0 bridgehead atoms. The van der Waals surface area contributed by atoms with Crippen LogP contribution in [0, 0.1) is 5.82 Å². The fourth-order valence-corrected chi connectivity index (χ4v) is 4.05. The number of benzene rings is 2. The molecule has 2 N–H and O–H groups in total. The van der Waals surface area contributed by atoms with Crippen LogP contribution in [0.3, 0.4) is 0 Å². The van der Waals surface area contributed by atoms with E-state index < -0.39 is 27.8 Å². The van der Waals surface area contributed by atoms with E-state index in [-0.39, 0.29) is 12.0 Å². The number of carbonyl (C=O) groups is 1.